The predicted octanol–water partition coefficient (Wildman–Crippen LogP) is 10.9. The first-order valence-electron chi connectivity index (χ1n) is 15.7. The van der Waals surface area contributed by atoms with Gasteiger partial charge in [-0.2, -0.15) is 0 Å². The summed E-state index contributed by atoms with van der Waals surface area (Å²) < 4.78 is 0. The molecular weight excluding hydrogens is 651 g/mol. The SMILES string of the molecule is Cc1ccc(NC(=O)c2c(C)c(-c3ccc(Cl)cc3)nc3ccccc23)c(NC(=O)c2c(C)c(-c3ccc(Cl)cc3)nc3ccccc23)c1. The molecule has 0 radical (unpaired) electrons. The van der Waals surface area contributed by atoms with E-state index in [0.29, 0.717) is 55.0 Å². The van der Waals surface area contributed by atoms with Crippen molar-refractivity contribution in [1.29, 1.82) is 0 Å². The van der Waals surface area contributed by atoms with E-state index in [-0.39, 0.29) is 11.8 Å². The molecule has 7 aromatic rings. The Morgan fingerprint density at radius 1 is 0.531 bits per heavy atom. The summed E-state index contributed by atoms with van der Waals surface area (Å²) in [6.07, 6.45) is 0. The maximum absolute atomic E-state index is 14.3. The average Bonchev–Trinajstić information content (AvgIpc) is 3.09. The summed E-state index contributed by atoms with van der Waals surface area (Å²) in [6, 6.07) is 35.5. The van der Waals surface area contributed by atoms with E-state index in [1.165, 1.54) is 0 Å². The summed E-state index contributed by atoms with van der Waals surface area (Å²) in [6.45, 7) is 5.73. The van der Waals surface area contributed by atoms with Gasteiger partial charge in [-0.15, -0.1) is 0 Å². The number of carbonyl (C=O) groups excluding carboxylic acids is 2. The van der Waals surface area contributed by atoms with E-state index in [0.717, 1.165) is 38.6 Å². The van der Waals surface area contributed by atoms with Crippen LogP contribution in [-0.2, 0) is 0 Å². The van der Waals surface area contributed by atoms with Crippen LogP contribution in [0.25, 0.3) is 44.3 Å². The van der Waals surface area contributed by atoms with Gasteiger partial charge in [0.15, 0.2) is 0 Å². The van der Waals surface area contributed by atoms with Gasteiger partial charge in [-0.3, -0.25) is 9.59 Å². The first kappa shape index (κ1) is 32.0. The molecule has 6 nitrogen and oxygen atoms in total. The minimum Gasteiger partial charge on any atom is -0.320 e. The fourth-order valence-corrected chi connectivity index (χ4v) is 6.47. The quantitative estimate of drug-likeness (QED) is 0.183. The summed E-state index contributed by atoms with van der Waals surface area (Å²) in [5.74, 6) is -0.635. The number of aromatic nitrogens is 2. The molecule has 0 saturated carbocycles. The molecule has 240 valence electrons. The number of amides is 2. The topological polar surface area (TPSA) is 84.0 Å². The van der Waals surface area contributed by atoms with Crippen molar-refractivity contribution in [2.45, 2.75) is 20.8 Å². The average molecular weight is 682 g/mol. The van der Waals surface area contributed by atoms with E-state index < -0.39 is 0 Å². The highest BCUT2D eigenvalue weighted by atomic mass is 35.5. The fraction of sp³-hybridized carbons (Fsp3) is 0.0732. The van der Waals surface area contributed by atoms with E-state index in [9.17, 15) is 9.59 Å². The molecule has 49 heavy (non-hydrogen) atoms. The molecule has 0 bridgehead atoms. The normalized spacial score (nSPS) is 11.1. The zero-order chi connectivity index (χ0) is 34.2. The maximum atomic E-state index is 14.3. The van der Waals surface area contributed by atoms with Crippen molar-refractivity contribution in [2.75, 3.05) is 10.6 Å². The number of nitrogens with zero attached hydrogens (tertiary/aromatic N) is 2. The monoisotopic (exact) mass is 680 g/mol. The largest absolute Gasteiger partial charge is 0.320 e. The second kappa shape index (κ2) is 13.2. The van der Waals surface area contributed by atoms with Crippen LogP contribution < -0.4 is 10.6 Å². The Morgan fingerprint density at radius 2 is 0.959 bits per heavy atom. The Kier molecular flexibility index (Phi) is 8.59. The van der Waals surface area contributed by atoms with E-state index in [2.05, 4.69) is 10.6 Å². The van der Waals surface area contributed by atoms with Gasteiger partial charge in [0.1, 0.15) is 0 Å². The standard InChI is InChI=1S/C41H30Cl2N4O2/c1-23-12-21-34(46-40(48)36-24(2)38(26-13-17-28(42)18-14-26)44-32-10-6-4-8-30(32)36)35(22-23)47-41(49)37-25(3)39(27-15-19-29(43)20-16-27)45-33-11-7-5-9-31(33)37/h4-22H,1-3H3,(H,46,48)(H,47,49). The summed E-state index contributed by atoms with van der Waals surface area (Å²) in [5.41, 5.74) is 8.77. The molecule has 0 fully saturated rings. The van der Waals surface area contributed by atoms with Crippen LogP contribution in [0.3, 0.4) is 0 Å². The minimum absolute atomic E-state index is 0.317. The van der Waals surface area contributed by atoms with Crippen molar-refractivity contribution in [2.24, 2.45) is 0 Å². The molecule has 0 aliphatic rings. The molecule has 0 aliphatic carbocycles. The number of pyridine rings is 2. The summed E-state index contributed by atoms with van der Waals surface area (Å²) in [5, 5.41) is 8.89. The third-order valence-corrected chi connectivity index (χ3v) is 9.14. The molecule has 2 amide bonds. The molecular formula is C41H30Cl2N4O2. The summed E-state index contributed by atoms with van der Waals surface area (Å²) in [4.78, 5) is 38.3. The number of anilines is 2. The maximum Gasteiger partial charge on any atom is 0.256 e. The first-order valence-corrected chi connectivity index (χ1v) is 16.5. The number of nitrogens with one attached hydrogen (secondary N) is 2. The van der Waals surface area contributed by atoms with Crippen LogP contribution in [-0.4, -0.2) is 21.8 Å². The van der Waals surface area contributed by atoms with E-state index in [4.69, 9.17) is 33.2 Å². The Hall–Kier alpha value is -5.56. The second-order valence-electron chi connectivity index (χ2n) is 11.9. The fourth-order valence-electron chi connectivity index (χ4n) is 6.22. The Bertz CT molecular complexity index is 2420. The molecule has 2 heterocycles. The lowest BCUT2D eigenvalue weighted by molar-refractivity contribution is 0.101. The van der Waals surface area contributed by atoms with Gasteiger partial charge in [0, 0.05) is 31.9 Å². The zero-order valence-electron chi connectivity index (χ0n) is 26.9. The van der Waals surface area contributed by atoms with Crippen molar-refractivity contribution in [3.8, 4) is 22.5 Å². The van der Waals surface area contributed by atoms with Crippen LogP contribution in [0, 0.1) is 20.8 Å². The number of hydrogen-bond acceptors (Lipinski definition) is 4. The van der Waals surface area contributed by atoms with Crippen LogP contribution in [0.4, 0.5) is 11.4 Å². The Labute approximate surface area is 293 Å². The highest BCUT2D eigenvalue weighted by molar-refractivity contribution is 6.31. The van der Waals surface area contributed by atoms with Gasteiger partial charge in [-0.25, -0.2) is 9.97 Å². The number of hydrogen-bond donors (Lipinski definition) is 2. The van der Waals surface area contributed by atoms with Gasteiger partial charge in [0.05, 0.1) is 44.9 Å². The molecule has 7 rings (SSSR count). The van der Waals surface area contributed by atoms with Gasteiger partial charge in [-0.05, 0) is 86.0 Å². The second-order valence-corrected chi connectivity index (χ2v) is 12.8. The van der Waals surface area contributed by atoms with Gasteiger partial charge >= 0.3 is 0 Å². The number of benzene rings is 5. The lowest BCUT2D eigenvalue weighted by Gasteiger charge is -2.18. The zero-order valence-corrected chi connectivity index (χ0v) is 28.4. The van der Waals surface area contributed by atoms with Gasteiger partial charge in [0.2, 0.25) is 0 Å². The van der Waals surface area contributed by atoms with Gasteiger partial charge < -0.3 is 10.6 Å². The predicted molar refractivity (Wildman–Crippen MR) is 201 cm³/mol. The molecule has 2 aromatic heterocycles. The summed E-state index contributed by atoms with van der Waals surface area (Å²) in [7, 11) is 0. The molecule has 0 unspecified atom stereocenters. The highest BCUT2D eigenvalue weighted by Gasteiger charge is 2.23. The first-order chi connectivity index (χ1) is 23.7. The smallest absolute Gasteiger partial charge is 0.256 e. The van der Waals surface area contributed by atoms with E-state index >= 15 is 0 Å². The van der Waals surface area contributed by atoms with Crippen LogP contribution >= 0.6 is 23.2 Å². The van der Waals surface area contributed by atoms with Crippen LogP contribution in [0.15, 0.2) is 115 Å². The highest BCUT2D eigenvalue weighted by Crippen LogP contribution is 2.34. The van der Waals surface area contributed by atoms with Crippen molar-refractivity contribution in [1.82, 2.24) is 9.97 Å². The lowest BCUT2D eigenvalue weighted by Crippen LogP contribution is -2.19. The molecule has 8 heteroatoms. The molecule has 0 atom stereocenters. The van der Waals surface area contributed by atoms with E-state index in [1.54, 1.807) is 30.3 Å². The lowest BCUT2D eigenvalue weighted by atomic mass is 9.96. The number of aryl methyl sites for hydroxylation is 1. The van der Waals surface area contributed by atoms with Crippen LogP contribution in [0.2, 0.25) is 10.0 Å². The third-order valence-electron chi connectivity index (χ3n) is 8.63. The van der Waals surface area contributed by atoms with Crippen molar-refractivity contribution in [3.05, 3.63) is 153 Å². The van der Waals surface area contributed by atoms with Crippen molar-refractivity contribution in [3.63, 3.8) is 0 Å². The molecule has 5 aromatic carbocycles. The van der Waals surface area contributed by atoms with Gasteiger partial charge in [0.25, 0.3) is 11.8 Å². The molecule has 0 saturated heterocycles. The van der Waals surface area contributed by atoms with Crippen molar-refractivity contribution >= 4 is 68.2 Å². The molecule has 0 aliphatic heterocycles. The summed E-state index contributed by atoms with van der Waals surface area (Å²) >= 11 is 12.3. The Balaban J connectivity index is 1.28. The van der Waals surface area contributed by atoms with E-state index in [1.807, 2.05) is 106 Å². The van der Waals surface area contributed by atoms with Crippen molar-refractivity contribution < 1.29 is 9.59 Å². The third kappa shape index (κ3) is 6.24. The molecule has 2 N–H and O–H groups in total. The van der Waals surface area contributed by atoms with Gasteiger partial charge in [-0.1, -0.05) is 89.9 Å². The van der Waals surface area contributed by atoms with Crippen LogP contribution in [0.5, 0.6) is 0 Å². The number of fused-ring (bicyclic) bond motifs is 2. The number of halogens is 2. The number of rotatable bonds is 6. The number of carbonyl (C=O) groups is 2. The van der Waals surface area contributed by atoms with Crippen LogP contribution in [0.1, 0.15) is 37.4 Å². The molecule has 0 spiro atoms. The Morgan fingerprint density at radius 3 is 1.43 bits per heavy atom. The minimum atomic E-state index is -0.318. The number of para-hydroxylation sites is 2.